The predicted molar refractivity (Wildman–Crippen MR) is 91.0 cm³/mol. The molecule has 0 radical (unpaired) electrons. The van der Waals surface area contributed by atoms with E-state index in [1.807, 2.05) is 0 Å². The summed E-state index contributed by atoms with van der Waals surface area (Å²) in [4.78, 5) is 0. The van der Waals surface area contributed by atoms with Gasteiger partial charge in [-0.25, -0.2) is 0 Å². The lowest BCUT2D eigenvalue weighted by Gasteiger charge is -2.28. The number of hydrogen-bond donors (Lipinski definition) is 1. The summed E-state index contributed by atoms with van der Waals surface area (Å²) in [5, 5.41) is 0. The van der Waals surface area contributed by atoms with Crippen LogP contribution in [0, 0.1) is 5.92 Å². The van der Waals surface area contributed by atoms with Crippen molar-refractivity contribution >= 4 is 0 Å². The van der Waals surface area contributed by atoms with Gasteiger partial charge < -0.3 is 5.73 Å². The molecule has 0 aliphatic heterocycles. The highest BCUT2D eigenvalue weighted by Gasteiger charge is 2.28. The molecule has 1 nitrogen and oxygen atoms in total. The first-order valence-electron chi connectivity index (χ1n) is 9.49. The molecule has 0 aromatic rings. The molecule has 1 aliphatic rings. The minimum absolute atomic E-state index is 0.187. The normalized spacial score (nSPS) is 27.4. The smallest absolute Gasteiger partial charge is 0.0154 e. The predicted octanol–water partition coefficient (Wildman–Crippen LogP) is 6.21. The van der Waals surface area contributed by atoms with E-state index in [4.69, 9.17) is 5.73 Å². The Kier molecular flexibility index (Phi) is 9.59. The minimum Gasteiger partial charge on any atom is -0.325 e. The van der Waals surface area contributed by atoms with Crippen LogP contribution in [-0.2, 0) is 0 Å². The zero-order chi connectivity index (χ0) is 14.7. The Bertz CT molecular complexity index is 226. The Morgan fingerprint density at radius 3 is 2.15 bits per heavy atom. The summed E-state index contributed by atoms with van der Waals surface area (Å²) in [6, 6.07) is 0. The fourth-order valence-corrected chi connectivity index (χ4v) is 3.77. The zero-order valence-electron chi connectivity index (χ0n) is 14.3. The van der Waals surface area contributed by atoms with Gasteiger partial charge in [-0.2, -0.15) is 0 Å². The summed E-state index contributed by atoms with van der Waals surface area (Å²) in [7, 11) is 0. The maximum atomic E-state index is 6.66. The van der Waals surface area contributed by atoms with Gasteiger partial charge in [-0.15, -0.1) is 0 Å². The molecule has 20 heavy (non-hydrogen) atoms. The van der Waals surface area contributed by atoms with Crippen molar-refractivity contribution in [2.45, 2.75) is 116 Å². The summed E-state index contributed by atoms with van der Waals surface area (Å²) in [6.45, 7) is 4.63. The maximum absolute atomic E-state index is 6.66. The lowest BCUT2D eigenvalue weighted by Crippen LogP contribution is -2.39. The fraction of sp³-hybridized carbons (Fsp3) is 1.00. The van der Waals surface area contributed by atoms with E-state index in [0.717, 1.165) is 5.92 Å². The Hall–Kier alpha value is -0.0400. The topological polar surface area (TPSA) is 26.0 Å². The van der Waals surface area contributed by atoms with Crippen LogP contribution in [0.1, 0.15) is 110 Å². The average Bonchev–Trinajstić information content (AvgIpc) is 2.64. The fourth-order valence-electron chi connectivity index (χ4n) is 3.77. The number of hydrogen-bond acceptors (Lipinski definition) is 1. The van der Waals surface area contributed by atoms with Crippen LogP contribution in [-0.4, -0.2) is 5.54 Å². The van der Waals surface area contributed by atoms with E-state index in [1.54, 1.807) is 0 Å². The van der Waals surface area contributed by atoms with Crippen LogP contribution in [0.2, 0.25) is 0 Å². The third kappa shape index (κ3) is 7.67. The molecule has 0 heterocycles. The Labute approximate surface area is 128 Å². The molecule has 1 fully saturated rings. The number of unbranched alkanes of at least 4 members (excludes halogenated alkanes) is 7. The van der Waals surface area contributed by atoms with E-state index in [-0.39, 0.29) is 5.54 Å². The maximum Gasteiger partial charge on any atom is 0.0154 e. The second kappa shape index (κ2) is 10.7. The van der Waals surface area contributed by atoms with Gasteiger partial charge in [0.05, 0.1) is 0 Å². The van der Waals surface area contributed by atoms with Crippen molar-refractivity contribution in [2.24, 2.45) is 11.7 Å². The SMILES string of the molecule is CCCCCCCCCCC1(N)CCCC(CC)CC1. The quantitative estimate of drug-likeness (QED) is 0.374. The van der Waals surface area contributed by atoms with Crippen LogP contribution in [0.3, 0.4) is 0 Å². The lowest BCUT2D eigenvalue weighted by molar-refractivity contribution is 0.324. The summed E-state index contributed by atoms with van der Waals surface area (Å²) in [5.74, 6) is 0.957. The van der Waals surface area contributed by atoms with Crippen LogP contribution < -0.4 is 5.73 Å². The minimum atomic E-state index is 0.187. The van der Waals surface area contributed by atoms with Crippen LogP contribution in [0.25, 0.3) is 0 Å². The molecule has 0 amide bonds. The van der Waals surface area contributed by atoms with Crippen LogP contribution in [0.4, 0.5) is 0 Å². The van der Waals surface area contributed by atoms with Crippen LogP contribution in [0.15, 0.2) is 0 Å². The first kappa shape index (κ1) is 18.0. The molecule has 0 aromatic heterocycles. The molecule has 0 spiro atoms. The molecule has 0 aromatic carbocycles. The Morgan fingerprint density at radius 1 is 0.850 bits per heavy atom. The van der Waals surface area contributed by atoms with Crippen molar-refractivity contribution < 1.29 is 0 Å². The third-order valence-corrected chi connectivity index (χ3v) is 5.44. The van der Waals surface area contributed by atoms with Crippen LogP contribution in [0.5, 0.6) is 0 Å². The second-order valence-electron chi connectivity index (χ2n) is 7.29. The number of rotatable bonds is 10. The largest absolute Gasteiger partial charge is 0.325 e. The highest BCUT2D eigenvalue weighted by Crippen LogP contribution is 2.33. The van der Waals surface area contributed by atoms with Crippen LogP contribution >= 0.6 is 0 Å². The van der Waals surface area contributed by atoms with Crippen molar-refractivity contribution in [1.82, 2.24) is 0 Å². The zero-order valence-corrected chi connectivity index (χ0v) is 14.3. The monoisotopic (exact) mass is 281 g/mol. The van der Waals surface area contributed by atoms with Gasteiger partial charge in [0.2, 0.25) is 0 Å². The van der Waals surface area contributed by atoms with Crippen molar-refractivity contribution in [2.75, 3.05) is 0 Å². The molecule has 1 heteroatoms. The summed E-state index contributed by atoms with van der Waals surface area (Å²) < 4.78 is 0. The van der Waals surface area contributed by atoms with Gasteiger partial charge in [0.25, 0.3) is 0 Å². The highest BCUT2D eigenvalue weighted by molar-refractivity contribution is 4.87. The second-order valence-corrected chi connectivity index (χ2v) is 7.29. The molecule has 1 rings (SSSR count). The molecule has 2 N–H and O–H groups in total. The molecule has 2 atom stereocenters. The summed E-state index contributed by atoms with van der Waals surface area (Å²) in [5.41, 5.74) is 6.84. The number of nitrogens with two attached hydrogens (primary N) is 1. The molecule has 0 saturated heterocycles. The summed E-state index contributed by atoms with van der Waals surface area (Å²) in [6.07, 6.45) is 20.7. The molecule has 1 saturated carbocycles. The highest BCUT2D eigenvalue weighted by atomic mass is 14.7. The van der Waals surface area contributed by atoms with E-state index in [0.29, 0.717) is 0 Å². The van der Waals surface area contributed by atoms with E-state index in [9.17, 15) is 0 Å². The molecule has 2 unspecified atom stereocenters. The Balaban J connectivity index is 2.05. The molecule has 1 aliphatic carbocycles. The lowest BCUT2D eigenvalue weighted by atomic mass is 9.85. The molecule has 120 valence electrons. The molecule has 0 bridgehead atoms. The van der Waals surface area contributed by atoms with E-state index >= 15 is 0 Å². The average molecular weight is 282 g/mol. The van der Waals surface area contributed by atoms with Crippen molar-refractivity contribution in [3.63, 3.8) is 0 Å². The van der Waals surface area contributed by atoms with Crippen molar-refractivity contribution in [3.05, 3.63) is 0 Å². The van der Waals surface area contributed by atoms with E-state index in [2.05, 4.69) is 13.8 Å². The third-order valence-electron chi connectivity index (χ3n) is 5.44. The van der Waals surface area contributed by atoms with Gasteiger partial charge >= 0.3 is 0 Å². The van der Waals surface area contributed by atoms with E-state index < -0.39 is 0 Å². The van der Waals surface area contributed by atoms with Gasteiger partial charge in [-0.05, 0) is 31.6 Å². The van der Waals surface area contributed by atoms with Crippen molar-refractivity contribution in [1.29, 1.82) is 0 Å². The molecular formula is C19H39N. The van der Waals surface area contributed by atoms with Gasteiger partial charge in [-0.1, -0.05) is 84.5 Å². The standard InChI is InChI=1S/C19H39N/c1-3-5-6-7-8-9-10-11-15-19(20)16-12-13-18(4-2)14-17-19/h18H,3-17,20H2,1-2H3. The first-order chi connectivity index (χ1) is 9.70. The van der Waals surface area contributed by atoms with Crippen molar-refractivity contribution in [3.8, 4) is 0 Å². The summed E-state index contributed by atoms with van der Waals surface area (Å²) >= 11 is 0. The van der Waals surface area contributed by atoms with Gasteiger partial charge in [-0.3, -0.25) is 0 Å². The molecular weight excluding hydrogens is 242 g/mol. The Morgan fingerprint density at radius 2 is 1.50 bits per heavy atom. The first-order valence-corrected chi connectivity index (χ1v) is 9.49. The van der Waals surface area contributed by atoms with E-state index in [1.165, 1.54) is 96.3 Å². The van der Waals surface area contributed by atoms with Gasteiger partial charge in [0.15, 0.2) is 0 Å². The van der Waals surface area contributed by atoms with Gasteiger partial charge in [0, 0.05) is 5.54 Å². The van der Waals surface area contributed by atoms with Gasteiger partial charge in [0.1, 0.15) is 0 Å².